The smallest absolute Gasteiger partial charge is 0.226 e. The van der Waals surface area contributed by atoms with Crippen LogP contribution in [0.3, 0.4) is 0 Å². The molecule has 5 nitrogen and oxygen atoms in total. The number of hydroxylamine groups is 2. The Morgan fingerprint density at radius 1 is 1.23 bits per heavy atom. The second-order valence-electron chi connectivity index (χ2n) is 13.1. The van der Waals surface area contributed by atoms with E-state index < -0.39 is 56.8 Å². The van der Waals surface area contributed by atoms with Gasteiger partial charge >= 0.3 is 0 Å². The van der Waals surface area contributed by atoms with E-state index in [0.717, 1.165) is 25.7 Å². The molecule has 9 heteroatoms. The summed E-state index contributed by atoms with van der Waals surface area (Å²) in [5.41, 5.74) is -7.15. The third-order valence-corrected chi connectivity index (χ3v) is 12.2. The summed E-state index contributed by atoms with van der Waals surface area (Å²) in [6.07, 6.45) is 4.52. The Balaban J connectivity index is 1.63. The Kier molecular flexibility index (Phi) is 7.30. The molecule has 0 radical (unpaired) electrons. The second kappa shape index (κ2) is 9.70. The van der Waals surface area contributed by atoms with Gasteiger partial charge in [-0.2, -0.15) is 5.06 Å². The minimum absolute atomic E-state index is 0.0707. The van der Waals surface area contributed by atoms with Gasteiger partial charge in [0.2, 0.25) is 5.12 Å². The molecule has 0 amide bonds. The van der Waals surface area contributed by atoms with Crippen molar-refractivity contribution in [1.29, 1.82) is 0 Å². The number of halogens is 3. The van der Waals surface area contributed by atoms with Crippen molar-refractivity contribution in [3.05, 3.63) is 23.8 Å². The number of hydrogen-bond acceptors (Lipinski definition) is 6. The Hall–Kier alpha value is -1.16. The number of nitrogens with zero attached hydrogens (tertiary/aromatic N) is 1. The van der Waals surface area contributed by atoms with Gasteiger partial charge in [-0.15, -0.1) is 0 Å². The molecule has 5 aliphatic rings. The van der Waals surface area contributed by atoms with Crippen LogP contribution in [0.2, 0.25) is 0 Å². The maximum absolute atomic E-state index is 17.7. The maximum atomic E-state index is 17.7. The van der Waals surface area contributed by atoms with Gasteiger partial charge in [0.25, 0.3) is 0 Å². The summed E-state index contributed by atoms with van der Waals surface area (Å²) in [5, 5.41) is 13.2. The van der Waals surface area contributed by atoms with E-state index in [1.807, 2.05) is 18.9 Å². The molecule has 0 unspecified atom stereocenters. The molecule has 1 aliphatic heterocycles. The average Bonchev–Trinajstić information content (AvgIpc) is 3.34. The van der Waals surface area contributed by atoms with Crippen molar-refractivity contribution >= 4 is 22.7 Å². The number of fused-ring (bicyclic) bond motifs is 7. The molecule has 0 bridgehead atoms. The molecule has 5 rings (SSSR count). The van der Waals surface area contributed by atoms with Crippen LogP contribution in [0.4, 0.5) is 13.2 Å². The molecule has 0 spiro atoms. The maximum Gasteiger partial charge on any atom is 0.226 e. The zero-order valence-electron chi connectivity index (χ0n) is 23.6. The number of aliphatic hydroxyl groups excluding tert-OH is 1. The van der Waals surface area contributed by atoms with Crippen LogP contribution in [-0.2, 0) is 14.4 Å². The molecule has 0 aromatic heterocycles. The molecular weight excluding hydrogens is 527 g/mol. The summed E-state index contributed by atoms with van der Waals surface area (Å²) in [4.78, 5) is 32.8. The van der Waals surface area contributed by atoms with Crippen LogP contribution >= 0.6 is 11.8 Å². The summed E-state index contributed by atoms with van der Waals surface area (Å²) < 4.78 is 47.3. The van der Waals surface area contributed by atoms with E-state index >= 15 is 8.78 Å². The highest BCUT2D eigenvalue weighted by Gasteiger charge is 2.83. The monoisotopic (exact) mass is 569 g/mol. The lowest BCUT2D eigenvalue weighted by molar-refractivity contribution is -0.291. The van der Waals surface area contributed by atoms with Crippen molar-refractivity contribution in [3.63, 3.8) is 0 Å². The number of hydrogen-bond donors (Lipinski definition) is 1. The topological polar surface area (TPSA) is 66.8 Å². The highest BCUT2D eigenvalue weighted by atomic mass is 32.2. The van der Waals surface area contributed by atoms with Crippen LogP contribution < -0.4 is 0 Å². The van der Waals surface area contributed by atoms with Crippen molar-refractivity contribution < 1.29 is 32.7 Å². The van der Waals surface area contributed by atoms with E-state index in [9.17, 15) is 19.1 Å². The first-order chi connectivity index (χ1) is 18.3. The molecule has 3 saturated carbocycles. The van der Waals surface area contributed by atoms with Crippen LogP contribution in [0.5, 0.6) is 0 Å². The Bertz CT molecular complexity index is 1100. The van der Waals surface area contributed by atoms with Crippen LogP contribution in [0, 0.1) is 28.1 Å². The van der Waals surface area contributed by atoms with Gasteiger partial charge < -0.3 is 5.11 Å². The fourth-order valence-electron chi connectivity index (χ4n) is 9.55. The van der Waals surface area contributed by atoms with Crippen LogP contribution in [0.25, 0.3) is 0 Å². The van der Waals surface area contributed by atoms with E-state index in [-0.39, 0.29) is 36.2 Å². The highest BCUT2D eigenvalue weighted by molar-refractivity contribution is 8.13. The van der Waals surface area contributed by atoms with Gasteiger partial charge in [-0.05, 0) is 62.2 Å². The first-order valence-electron chi connectivity index (χ1n) is 14.5. The molecule has 218 valence electrons. The van der Waals surface area contributed by atoms with Crippen molar-refractivity contribution in [2.75, 3.05) is 12.6 Å². The molecule has 4 fully saturated rings. The average molecular weight is 570 g/mol. The summed E-state index contributed by atoms with van der Waals surface area (Å²) >= 11 is 0.573. The molecule has 0 aromatic rings. The van der Waals surface area contributed by atoms with Gasteiger partial charge in [0.1, 0.15) is 12.2 Å². The summed E-state index contributed by atoms with van der Waals surface area (Å²) in [7, 11) is 0. The van der Waals surface area contributed by atoms with E-state index in [2.05, 4.69) is 13.8 Å². The number of carbonyl (C=O) groups is 2. The first kappa shape index (κ1) is 29.3. The zero-order chi connectivity index (χ0) is 28.6. The number of alkyl halides is 3. The van der Waals surface area contributed by atoms with Crippen molar-refractivity contribution in [3.8, 4) is 0 Å². The number of thioether (sulfide) groups is 1. The summed E-state index contributed by atoms with van der Waals surface area (Å²) in [6, 6.07) is -0.816. The van der Waals surface area contributed by atoms with Gasteiger partial charge in [-0.25, -0.2) is 13.2 Å². The van der Waals surface area contributed by atoms with E-state index in [1.54, 1.807) is 6.92 Å². The molecule has 0 aromatic carbocycles. The quantitative estimate of drug-likeness (QED) is 0.402. The molecule has 1 N–H and O–H groups in total. The van der Waals surface area contributed by atoms with E-state index in [1.165, 1.54) is 18.2 Å². The normalized spacial score (nSPS) is 47.0. The molecule has 39 heavy (non-hydrogen) atoms. The molecule has 1 heterocycles. The molecule has 1 saturated heterocycles. The highest BCUT2D eigenvalue weighted by Crippen LogP contribution is 2.78. The van der Waals surface area contributed by atoms with Crippen LogP contribution in [-0.4, -0.2) is 63.2 Å². The molecular formula is C30H42F3NO4S. The predicted octanol–water partition coefficient (Wildman–Crippen LogP) is 6.06. The summed E-state index contributed by atoms with van der Waals surface area (Å²) in [5.74, 6) is -1.69. The van der Waals surface area contributed by atoms with Crippen molar-refractivity contribution in [1.82, 2.24) is 5.06 Å². The lowest BCUT2D eigenvalue weighted by Gasteiger charge is -2.67. The van der Waals surface area contributed by atoms with E-state index in [0.29, 0.717) is 24.7 Å². The summed E-state index contributed by atoms with van der Waals surface area (Å²) in [6.45, 7) is 10.0. The van der Waals surface area contributed by atoms with Crippen molar-refractivity contribution in [2.45, 2.75) is 109 Å². The zero-order valence-corrected chi connectivity index (χ0v) is 24.5. The van der Waals surface area contributed by atoms with Gasteiger partial charge in [0, 0.05) is 35.3 Å². The lowest BCUT2D eigenvalue weighted by atomic mass is 9.40. The number of rotatable bonds is 7. The second-order valence-corrected chi connectivity index (χ2v) is 14.0. The minimum atomic E-state index is -2.25. The fraction of sp³-hybridized carbons (Fsp3) is 0.800. The number of aliphatic hydroxyl groups is 1. The van der Waals surface area contributed by atoms with Gasteiger partial charge in [0.15, 0.2) is 17.1 Å². The van der Waals surface area contributed by atoms with Gasteiger partial charge in [-0.1, -0.05) is 58.4 Å². The van der Waals surface area contributed by atoms with E-state index in [4.69, 9.17) is 4.84 Å². The molecule has 9 atom stereocenters. The number of carbonyl (C=O) groups excluding carboxylic acids is 2. The number of allylic oxidation sites excluding steroid dienone is 4. The third-order valence-electron chi connectivity index (χ3n) is 11.5. The lowest BCUT2D eigenvalue weighted by Crippen LogP contribution is -2.73. The number of ketones is 1. The fourth-order valence-corrected chi connectivity index (χ4v) is 10.3. The van der Waals surface area contributed by atoms with Gasteiger partial charge in [-0.3, -0.25) is 14.4 Å². The SMILES string of the molecule is CCCC(CCC)N1C[C@@H]2C[C@@]3(C)[C@@H]4C[C@H](F)C5=CC(=O)C=C[C@]5(C)[C@@]4(F)[C@@H](O)C[C@]3(C)[C@]2(C(=O)SCF)O1. The standard InChI is InChI=1S/C30H42F3NO4S/c1-6-8-19(9-7-2)34-16-18-14-27(4)23-13-22(32)21-12-20(35)10-11-26(21,3)29(23,33)24(36)15-28(27,5)30(18,38-34)25(37)39-17-31/h10-12,18-19,22-24,36H,6-9,13-17H2,1-5H3/t18-,22-,23-,24-,26-,27-,28-,29-,30-/m0/s1. The molecule has 4 aliphatic carbocycles. The van der Waals surface area contributed by atoms with Crippen molar-refractivity contribution in [2.24, 2.45) is 28.1 Å². The Morgan fingerprint density at radius 3 is 2.51 bits per heavy atom. The van der Waals surface area contributed by atoms with Crippen LogP contribution in [0.15, 0.2) is 23.8 Å². The Labute approximate surface area is 233 Å². The predicted molar refractivity (Wildman–Crippen MR) is 145 cm³/mol. The Morgan fingerprint density at radius 2 is 1.90 bits per heavy atom. The van der Waals surface area contributed by atoms with Crippen LogP contribution in [0.1, 0.15) is 79.6 Å². The minimum Gasteiger partial charge on any atom is -0.390 e. The third kappa shape index (κ3) is 3.58. The van der Waals surface area contributed by atoms with Gasteiger partial charge in [0.05, 0.1) is 6.10 Å². The largest absolute Gasteiger partial charge is 0.390 e. The first-order valence-corrected chi connectivity index (χ1v) is 15.4.